The molecule has 8 heteroatoms. The summed E-state index contributed by atoms with van der Waals surface area (Å²) < 4.78 is 11.8. The van der Waals surface area contributed by atoms with E-state index in [0.29, 0.717) is 17.9 Å². The van der Waals surface area contributed by atoms with Gasteiger partial charge < -0.3 is 19.6 Å². The molecular formula is C15H17N3O5. The van der Waals surface area contributed by atoms with Gasteiger partial charge in [-0.05, 0) is 41.5 Å². The van der Waals surface area contributed by atoms with Crippen molar-refractivity contribution >= 4 is 11.8 Å². The number of nitro groups is 1. The molecule has 1 aromatic heterocycles. The van der Waals surface area contributed by atoms with Crippen LogP contribution in [0.15, 0.2) is 36.8 Å². The molecule has 0 aliphatic heterocycles. The van der Waals surface area contributed by atoms with Gasteiger partial charge in [0.15, 0.2) is 6.04 Å². The highest BCUT2D eigenvalue weighted by Crippen LogP contribution is 2.24. The normalized spacial score (nSPS) is 11.7. The third-order valence-electron chi connectivity index (χ3n) is 3.09. The summed E-state index contributed by atoms with van der Waals surface area (Å²) in [5.41, 5.74) is 0.624. The highest BCUT2D eigenvalue weighted by molar-refractivity contribution is 5.78. The van der Waals surface area contributed by atoms with E-state index < -0.39 is 16.9 Å². The Kier molecular flexibility index (Phi) is 5.29. The van der Waals surface area contributed by atoms with Crippen molar-refractivity contribution in [3.8, 4) is 5.75 Å². The molecule has 0 fully saturated rings. The van der Waals surface area contributed by atoms with Crippen LogP contribution in [0.4, 0.5) is 5.82 Å². The number of hydrogen-bond acceptors (Lipinski definition) is 6. The van der Waals surface area contributed by atoms with Crippen molar-refractivity contribution in [3.05, 3.63) is 52.5 Å². The quantitative estimate of drug-likeness (QED) is 0.441. The minimum absolute atomic E-state index is 0.211. The van der Waals surface area contributed by atoms with Crippen LogP contribution in [0.3, 0.4) is 0 Å². The van der Waals surface area contributed by atoms with E-state index in [1.807, 2.05) is 6.92 Å². The van der Waals surface area contributed by atoms with Crippen molar-refractivity contribution in [2.45, 2.75) is 19.9 Å². The van der Waals surface area contributed by atoms with Crippen LogP contribution >= 0.6 is 0 Å². The number of hydrogen-bond donors (Lipinski definition) is 0. The molecule has 1 aromatic carbocycles. The monoisotopic (exact) mass is 319 g/mol. The first kappa shape index (κ1) is 16.5. The fourth-order valence-electron chi connectivity index (χ4n) is 2.13. The Bertz CT molecular complexity index is 681. The molecule has 1 unspecified atom stereocenters. The minimum Gasteiger partial charge on any atom is -0.494 e. The van der Waals surface area contributed by atoms with Crippen molar-refractivity contribution in [1.82, 2.24) is 9.55 Å². The molecule has 0 spiro atoms. The van der Waals surface area contributed by atoms with E-state index in [9.17, 15) is 14.9 Å². The van der Waals surface area contributed by atoms with E-state index in [4.69, 9.17) is 9.47 Å². The largest absolute Gasteiger partial charge is 0.494 e. The van der Waals surface area contributed by atoms with Gasteiger partial charge >= 0.3 is 11.8 Å². The zero-order chi connectivity index (χ0) is 16.8. The van der Waals surface area contributed by atoms with Crippen LogP contribution in [0.25, 0.3) is 0 Å². The smallest absolute Gasteiger partial charge is 0.381 e. The van der Waals surface area contributed by atoms with Gasteiger partial charge in [-0.2, -0.15) is 0 Å². The topological polar surface area (TPSA) is 96.5 Å². The first-order valence-corrected chi connectivity index (χ1v) is 7.14. The number of nitrogens with zero attached hydrogens (tertiary/aromatic N) is 3. The number of ether oxygens (including phenoxy) is 2. The van der Waals surface area contributed by atoms with E-state index in [1.54, 1.807) is 31.2 Å². The van der Waals surface area contributed by atoms with Gasteiger partial charge in [-0.25, -0.2) is 4.79 Å². The molecule has 0 amide bonds. The highest BCUT2D eigenvalue weighted by atomic mass is 16.6. The van der Waals surface area contributed by atoms with Crippen LogP contribution < -0.4 is 4.74 Å². The Hall–Kier alpha value is -2.90. The third kappa shape index (κ3) is 3.85. The first-order valence-electron chi connectivity index (χ1n) is 7.14. The van der Waals surface area contributed by atoms with Crippen LogP contribution in [0.2, 0.25) is 0 Å². The summed E-state index contributed by atoms with van der Waals surface area (Å²) in [7, 11) is 0. The lowest BCUT2D eigenvalue weighted by Gasteiger charge is -2.16. The van der Waals surface area contributed by atoms with Crippen molar-refractivity contribution in [1.29, 1.82) is 0 Å². The van der Waals surface area contributed by atoms with Crippen LogP contribution in [0, 0.1) is 10.1 Å². The molecule has 23 heavy (non-hydrogen) atoms. The molecule has 0 N–H and O–H groups in total. The molecule has 1 atom stereocenters. The number of esters is 1. The van der Waals surface area contributed by atoms with Crippen LogP contribution in [-0.4, -0.2) is 33.7 Å². The summed E-state index contributed by atoms with van der Waals surface area (Å²) in [5.74, 6) is -0.162. The summed E-state index contributed by atoms with van der Waals surface area (Å²) in [4.78, 5) is 26.1. The maximum absolute atomic E-state index is 12.3. The molecule has 2 aromatic rings. The molecule has 0 radical (unpaired) electrons. The van der Waals surface area contributed by atoms with Crippen molar-refractivity contribution in [2.24, 2.45) is 0 Å². The second-order valence-electron chi connectivity index (χ2n) is 4.59. The Morgan fingerprint density at radius 1 is 1.30 bits per heavy atom. The molecule has 0 bridgehead atoms. The summed E-state index contributed by atoms with van der Waals surface area (Å²) in [6.45, 7) is 4.32. The third-order valence-corrected chi connectivity index (χ3v) is 3.09. The second-order valence-corrected chi connectivity index (χ2v) is 4.59. The molecule has 8 nitrogen and oxygen atoms in total. The molecule has 122 valence electrons. The van der Waals surface area contributed by atoms with Crippen LogP contribution in [0.5, 0.6) is 5.75 Å². The van der Waals surface area contributed by atoms with Crippen molar-refractivity contribution < 1.29 is 19.2 Å². The zero-order valence-corrected chi connectivity index (χ0v) is 12.8. The Balaban J connectivity index is 2.36. The molecular weight excluding hydrogens is 302 g/mol. The minimum atomic E-state index is -0.841. The average molecular weight is 319 g/mol. The maximum atomic E-state index is 12.3. The Morgan fingerprint density at radius 3 is 2.52 bits per heavy atom. The van der Waals surface area contributed by atoms with Crippen molar-refractivity contribution in [2.75, 3.05) is 13.2 Å². The van der Waals surface area contributed by atoms with Gasteiger partial charge in [0.2, 0.25) is 6.33 Å². The number of benzene rings is 1. The Labute approximate surface area is 132 Å². The van der Waals surface area contributed by atoms with E-state index in [2.05, 4.69) is 4.98 Å². The van der Waals surface area contributed by atoms with Gasteiger partial charge in [-0.1, -0.05) is 12.1 Å². The predicted molar refractivity (Wildman–Crippen MR) is 81.3 cm³/mol. The summed E-state index contributed by atoms with van der Waals surface area (Å²) in [6.07, 6.45) is 2.45. The fraction of sp³-hybridized carbons (Fsp3) is 0.333. The lowest BCUT2D eigenvalue weighted by molar-refractivity contribution is -0.389. The van der Waals surface area contributed by atoms with Gasteiger partial charge in [0.05, 0.1) is 13.2 Å². The van der Waals surface area contributed by atoms with Gasteiger partial charge in [-0.3, -0.25) is 4.57 Å². The van der Waals surface area contributed by atoms with Crippen LogP contribution in [0.1, 0.15) is 25.5 Å². The first-order chi connectivity index (χ1) is 11.1. The number of carbonyl (C=O) groups excluding carboxylic acids is 1. The molecule has 0 saturated carbocycles. The fourth-order valence-corrected chi connectivity index (χ4v) is 2.13. The number of rotatable bonds is 7. The number of imidazole rings is 1. The van der Waals surface area contributed by atoms with E-state index >= 15 is 0 Å². The Morgan fingerprint density at radius 2 is 2.00 bits per heavy atom. The molecule has 0 aliphatic rings. The molecule has 0 aliphatic carbocycles. The lowest BCUT2D eigenvalue weighted by atomic mass is 10.1. The molecule has 2 rings (SSSR count). The summed E-state index contributed by atoms with van der Waals surface area (Å²) >= 11 is 0. The van der Waals surface area contributed by atoms with E-state index in [-0.39, 0.29) is 12.4 Å². The molecule has 0 saturated heterocycles. The number of carbonyl (C=O) groups is 1. The van der Waals surface area contributed by atoms with E-state index in [1.165, 1.54) is 17.1 Å². The number of aromatic nitrogens is 2. The highest BCUT2D eigenvalue weighted by Gasteiger charge is 2.26. The van der Waals surface area contributed by atoms with Gasteiger partial charge in [0.25, 0.3) is 0 Å². The van der Waals surface area contributed by atoms with Crippen LogP contribution in [-0.2, 0) is 9.53 Å². The van der Waals surface area contributed by atoms with Gasteiger partial charge in [0, 0.05) is 0 Å². The van der Waals surface area contributed by atoms with E-state index in [0.717, 1.165) is 0 Å². The van der Waals surface area contributed by atoms with Gasteiger partial charge in [0.1, 0.15) is 11.9 Å². The predicted octanol–water partition coefficient (Wildman–Crippen LogP) is 2.34. The summed E-state index contributed by atoms with van der Waals surface area (Å²) in [5, 5.41) is 10.8. The average Bonchev–Trinajstić information content (AvgIpc) is 3.00. The lowest BCUT2D eigenvalue weighted by Crippen LogP contribution is -2.22. The zero-order valence-electron chi connectivity index (χ0n) is 12.8. The second kappa shape index (κ2) is 7.39. The SMILES string of the molecule is CCOC(=O)C(c1ccc(OCC)cc1)n1cnc([N+](=O)[O-])c1. The standard InChI is InChI=1S/C15H17N3O5/c1-3-22-12-7-5-11(6-8-12)14(15(19)23-4-2)17-9-13(16-10-17)18(20)21/h5-10,14H,3-4H2,1-2H3. The van der Waals surface area contributed by atoms with Crippen molar-refractivity contribution in [3.63, 3.8) is 0 Å². The summed E-state index contributed by atoms with van der Waals surface area (Å²) in [6, 6.07) is 6.07. The van der Waals surface area contributed by atoms with Gasteiger partial charge in [-0.15, -0.1) is 0 Å². The molecule has 1 heterocycles. The maximum Gasteiger partial charge on any atom is 0.381 e.